The van der Waals surface area contributed by atoms with Crippen LogP contribution < -0.4 is 14.8 Å². The van der Waals surface area contributed by atoms with Crippen molar-refractivity contribution in [3.63, 3.8) is 0 Å². The van der Waals surface area contributed by atoms with Gasteiger partial charge in [-0.3, -0.25) is 4.79 Å². The third kappa shape index (κ3) is 3.37. The van der Waals surface area contributed by atoms with Crippen LogP contribution in [0.2, 0.25) is 0 Å². The first kappa shape index (κ1) is 13.2. The second-order valence-corrected chi connectivity index (χ2v) is 3.91. The SMILES string of the molecule is CCOC(=O)C(=O)NCCc1ccc2c(c1)OCO2. The predicted molar refractivity (Wildman–Crippen MR) is 65.9 cm³/mol. The Bertz CT molecular complexity index is 486. The van der Waals surface area contributed by atoms with E-state index in [0.29, 0.717) is 18.7 Å². The number of nitrogens with one attached hydrogen (secondary N) is 1. The van der Waals surface area contributed by atoms with Gasteiger partial charge in [0, 0.05) is 6.54 Å². The van der Waals surface area contributed by atoms with E-state index < -0.39 is 11.9 Å². The second kappa shape index (κ2) is 6.08. The molecule has 102 valence electrons. The molecule has 0 aliphatic carbocycles. The number of rotatable bonds is 4. The van der Waals surface area contributed by atoms with Gasteiger partial charge >= 0.3 is 11.9 Å². The molecule has 19 heavy (non-hydrogen) atoms. The van der Waals surface area contributed by atoms with Gasteiger partial charge in [-0.1, -0.05) is 6.07 Å². The molecule has 2 rings (SSSR count). The fourth-order valence-corrected chi connectivity index (χ4v) is 1.69. The molecular weight excluding hydrogens is 250 g/mol. The fraction of sp³-hybridized carbons (Fsp3) is 0.385. The minimum Gasteiger partial charge on any atom is -0.459 e. The average molecular weight is 265 g/mol. The van der Waals surface area contributed by atoms with Crippen molar-refractivity contribution in [3.05, 3.63) is 23.8 Å². The van der Waals surface area contributed by atoms with Crippen molar-refractivity contribution < 1.29 is 23.8 Å². The fourth-order valence-electron chi connectivity index (χ4n) is 1.69. The highest BCUT2D eigenvalue weighted by molar-refractivity contribution is 6.32. The van der Waals surface area contributed by atoms with Crippen LogP contribution in [0, 0.1) is 0 Å². The minimum atomic E-state index is -0.854. The molecule has 1 amide bonds. The Labute approximate surface area is 110 Å². The minimum absolute atomic E-state index is 0.189. The number of amides is 1. The topological polar surface area (TPSA) is 73.9 Å². The van der Waals surface area contributed by atoms with Crippen LogP contribution in [-0.4, -0.2) is 31.8 Å². The Hall–Kier alpha value is -2.24. The molecule has 0 unspecified atom stereocenters. The number of esters is 1. The molecule has 6 heteroatoms. The summed E-state index contributed by atoms with van der Waals surface area (Å²) in [5.74, 6) is -0.149. The molecule has 0 saturated heterocycles. The van der Waals surface area contributed by atoms with E-state index >= 15 is 0 Å². The predicted octanol–water partition coefficient (Wildman–Crippen LogP) is 0.637. The summed E-state index contributed by atoms with van der Waals surface area (Å²) in [6.45, 7) is 2.43. The Balaban J connectivity index is 1.80. The Morgan fingerprint density at radius 3 is 2.89 bits per heavy atom. The largest absolute Gasteiger partial charge is 0.459 e. The zero-order chi connectivity index (χ0) is 13.7. The molecule has 1 aromatic carbocycles. The molecule has 0 atom stereocenters. The van der Waals surface area contributed by atoms with Crippen molar-refractivity contribution in [1.82, 2.24) is 5.32 Å². The lowest BCUT2D eigenvalue weighted by Crippen LogP contribution is -2.33. The molecule has 1 aliphatic rings. The van der Waals surface area contributed by atoms with Gasteiger partial charge < -0.3 is 19.5 Å². The maximum absolute atomic E-state index is 11.3. The molecule has 1 heterocycles. The maximum Gasteiger partial charge on any atom is 0.396 e. The zero-order valence-corrected chi connectivity index (χ0v) is 10.6. The summed E-state index contributed by atoms with van der Waals surface area (Å²) in [7, 11) is 0. The quantitative estimate of drug-likeness (QED) is 0.638. The van der Waals surface area contributed by atoms with Crippen molar-refractivity contribution in [3.8, 4) is 11.5 Å². The highest BCUT2D eigenvalue weighted by Gasteiger charge is 2.15. The van der Waals surface area contributed by atoms with E-state index in [1.165, 1.54) is 0 Å². The number of fused-ring (bicyclic) bond motifs is 1. The van der Waals surface area contributed by atoms with Crippen LogP contribution in [-0.2, 0) is 20.7 Å². The van der Waals surface area contributed by atoms with Gasteiger partial charge in [-0.05, 0) is 31.0 Å². The summed E-state index contributed by atoms with van der Waals surface area (Å²) in [5.41, 5.74) is 0.994. The standard InChI is InChI=1S/C13H15NO5/c1-2-17-13(16)12(15)14-6-5-9-3-4-10-11(7-9)19-8-18-10/h3-4,7H,2,5-6,8H2,1H3,(H,14,15). The van der Waals surface area contributed by atoms with Crippen LogP contribution in [0.4, 0.5) is 0 Å². The van der Waals surface area contributed by atoms with Crippen LogP contribution in [0.5, 0.6) is 11.5 Å². The van der Waals surface area contributed by atoms with Crippen LogP contribution in [0.3, 0.4) is 0 Å². The number of benzene rings is 1. The zero-order valence-electron chi connectivity index (χ0n) is 10.6. The van der Waals surface area contributed by atoms with E-state index in [1.807, 2.05) is 18.2 Å². The lowest BCUT2D eigenvalue weighted by atomic mass is 10.1. The van der Waals surface area contributed by atoms with Gasteiger partial charge in [-0.15, -0.1) is 0 Å². The highest BCUT2D eigenvalue weighted by Crippen LogP contribution is 2.32. The van der Waals surface area contributed by atoms with Gasteiger partial charge in [-0.2, -0.15) is 0 Å². The van der Waals surface area contributed by atoms with Gasteiger partial charge in [0.15, 0.2) is 11.5 Å². The number of ether oxygens (including phenoxy) is 3. The van der Waals surface area contributed by atoms with Gasteiger partial charge in [-0.25, -0.2) is 4.79 Å². The lowest BCUT2D eigenvalue weighted by molar-refractivity contribution is -0.154. The third-order valence-electron chi connectivity index (χ3n) is 2.60. The van der Waals surface area contributed by atoms with Crippen molar-refractivity contribution in [2.45, 2.75) is 13.3 Å². The Morgan fingerprint density at radius 2 is 2.11 bits per heavy atom. The monoisotopic (exact) mass is 265 g/mol. The molecule has 0 fully saturated rings. The number of hydrogen-bond acceptors (Lipinski definition) is 5. The van der Waals surface area contributed by atoms with Crippen molar-refractivity contribution in [1.29, 1.82) is 0 Å². The molecule has 1 N–H and O–H groups in total. The first-order valence-electron chi connectivity index (χ1n) is 6.04. The molecule has 1 aromatic rings. The molecule has 0 bridgehead atoms. The third-order valence-corrected chi connectivity index (χ3v) is 2.60. The van der Waals surface area contributed by atoms with Crippen molar-refractivity contribution in [2.24, 2.45) is 0 Å². The van der Waals surface area contributed by atoms with Gasteiger partial charge in [0.2, 0.25) is 6.79 Å². The average Bonchev–Trinajstić information content (AvgIpc) is 2.86. The normalized spacial score (nSPS) is 12.1. The van der Waals surface area contributed by atoms with Crippen molar-refractivity contribution >= 4 is 11.9 Å². The first-order valence-corrected chi connectivity index (χ1v) is 6.04. The molecule has 1 aliphatic heterocycles. The summed E-state index contributed by atoms with van der Waals surface area (Å²) in [5, 5.41) is 2.50. The van der Waals surface area contributed by atoms with E-state index in [1.54, 1.807) is 6.92 Å². The molecule has 0 saturated carbocycles. The van der Waals surface area contributed by atoms with E-state index in [2.05, 4.69) is 10.1 Å². The molecule has 6 nitrogen and oxygen atoms in total. The van der Waals surface area contributed by atoms with E-state index in [0.717, 1.165) is 11.3 Å². The molecule has 0 aromatic heterocycles. The van der Waals surface area contributed by atoms with E-state index in [9.17, 15) is 9.59 Å². The molecular formula is C13H15NO5. The summed E-state index contributed by atoms with van der Waals surface area (Å²) in [6, 6.07) is 5.58. The van der Waals surface area contributed by atoms with Crippen molar-refractivity contribution in [2.75, 3.05) is 19.9 Å². The van der Waals surface area contributed by atoms with Gasteiger partial charge in [0.1, 0.15) is 0 Å². The van der Waals surface area contributed by atoms with Gasteiger partial charge in [0.25, 0.3) is 0 Å². The van der Waals surface area contributed by atoms with Crippen LogP contribution in [0.15, 0.2) is 18.2 Å². The Morgan fingerprint density at radius 1 is 1.32 bits per heavy atom. The molecule has 0 spiro atoms. The summed E-state index contributed by atoms with van der Waals surface area (Å²) >= 11 is 0. The van der Waals surface area contributed by atoms with E-state index in [-0.39, 0.29) is 13.4 Å². The second-order valence-electron chi connectivity index (χ2n) is 3.91. The summed E-state index contributed by atoms with van der Waals surface area (Å²) < 4.78 is 15.0. The number of carbonyl (C=O) groups is 2. The summed E-state index contributed by atoms with van der Waals surface area (Å²) in [6.07, 6.45) is 0.599. The van der Waals surface area contributed by atoms with Crippen LogP contribution in [0.25, 0.3) is 0 Å². The lowest BCUT2D eigenvalue weighted by Gasteiger charge is -2.05. The maximum atomic E-state index is 11.3. The first-order chi connectivity index (χ1) is 9.20. The smallest absolute Gasteiger partial charge is 0.396 e. The number of hydrogen-bond donors (Lipinski definition) is 1. The molecule has 0 radical (unpaired) electrons. The van der Waals surface area contributed by atoms with Crippen LogP contribution >= 0.6 is 0 Å². The van der Waals surface area contributed by atoms with Gasteiger partial charge in [0.05, 0.1) is 6.61 Å². The number of carbonyl (C=O) groups excluding carboxylic acids is 2. The highest BCUT2D eigenvalue weighted by atomic mass is 16.7. The Kier molecular flexibility index (Phi) is 4.22. The van der Waals surface area contributed by atoms with Crippen LogP contribution in [0.1, 0.15) is 12.5 Å². The summed E-state index contributed by atoms with van der Waals surface area (Å²) in [4.78, 5) is 22.3. The van der Waals surface area contributed by atoms with E-state index in [4.69, 9.17) is 9.47 Å².